The van der Waals surface area contributed by atoms with E-state index < -0.39 is 0 Å². The number of amides is 2. The van der Waals surface area contributed by atoms with E-state index in [1.54, 1.807) is 0 Å². The lowest BCUT2D eigenvalue weighted by Gasteiger charge is -2.08. The van der Waals surface area contributed by atoms with Gasteiger partial charge in [0.15, 0.2) is 0 Å². The van der Waals surface area contributed by atoms with Gasteiger partial charge in [-0.15, -0.1) is 0 Å². The molecular formula is C16H26N2O. The minimum atomic E-state index is -0.111. The summed E-state index contributed by atoms with van der Waals surface area (Å²) in [6.07, 6.45) is 6.92. The maximum atomic E-state index is 11.6. The molecule has 3 nitrogen and oxygen atoms in total. The Morgan fingerprint density at radius 3 is 2.37 bits per heavy atom. The third-order valence-electron chi connectivity index (χ3n) is 3.07. The monoisotopic (exact) mass is 262 g/mol. The maximum Gasteiger partial charge on any atom is 0.319 e. The van der Waals surface area contributed by atoms with E-state index in [1.165, 1.54) is 24.8 Å². The van der Waals surface area contributed by atoms with Gasteiger partial charge in [0, 0.05) is 12.2 Å². The summed E-state index contributed by atoms with van der Waals surface area (Å²) in [4.78, 5) is 11.6. The largest absolute Gasteiger partial charge is 0.338 e. The molecule has 0 fully saturated rings. The highest BCUT2D eigenvalue weighted by Gasteiger charge is 2.00. The molecule has 0 saturated heterocycles. The van der Waals surface area contributed by atoms with Gasteiger partial charge in [0.1, 0.15) is 0 Å². The van der Waals surface area contributed by atoms with Crippen LogP contribution >= 0.6 is 0 Å². The highest BCUT2D eigenvalue weighted by Crippen LogP contribution is 2.10. The van der Waals surface area contributed by atoms with Crippen molar-refractivity contribution in [2.24, 2.45) is 0 Å². The summed E-state index contributed by atoms with van der Waals surface area (Å²) < 4.78 is 0. The number of urea groups is 1. The van der Waals surface area contributed by atoms with Crippen LogP contribution in [0.15, 0.2) is 24.3 Å². The Kier molecular flexibility index (Phi) is 7.71. The van der Waals surface area contributed by atoms with Crippen molar-refractivity contribution in [2.45, 2.75) is 52.4 Å². The van der Waals surface area contributed by atoms with Gasteiger partial charge in [0.25, 0.3) is 0 Å². The number of hydrogen-bond acceptors (Lipinski definition) is 1. The first kappa shape index (κ1) is 15.5. The van der Waals surface area contributed by atoms with Crippen molar-refractivity contribution < 1.29 is 4.79 Å². The average Bonchev–Trinajstić information content (AvgIpc) is 2.41. The smallest absolute Gasteiger partial charge is 0.319 e. The lowest BCUT2D eigenvalue weighted by molar-refractivity contribution is 0.252. The predicted molar refractivity (Wildman–Crippen MR) is 81.6 cm³/mol. The molecule has 0 aliphatic rings. The number of carbonyl (C=O) groups is 1. The molecule has 1 aromatic carbocycles. The van der Waals surface area contributed by atoms with Crippen LogP contribution in [0.1, 0.15) is 51.5 Å². The van der Waals surface area contributed by atoms with Crippen LogP contribution in [0.5, 0.6) is 0 Å². The second kappa shape index (κ2) is 9.42. The summed E-state index contributed by atoms with van der Waals surface area (Å²) in [7, 11) is 0. The number of nitrogens with one attached hydrogen (secondary N) is 2. The molecule has 0 bridgehead atoms. The fourth-order valence-corrected chi connectivity index (χ4v) is 1.97. The van der Waals surface area contributed by atoms with Crippen molar-refractivity contribution in [1.29, 1.82) is 0 Å². The third kappa shape index (κ3) is 6.85. The zero-order valence-corrected chi connectivity index (χ0v) is 12.2. The van der Waals surface area contributed by atoms with Crippen LogP contribution in [0, 0.1) is 0 Å². The quantitative estimate of drug-likeness (QED) is 0.672. The Morgan fingerprint density at radius 1 is 1.00 bits per heavy atom. The van der Waals surface area contributed by atoms with Crippen molar-refractivity contribution in [3.63, 3.8) is 0 Å². The van der Waals surface area contributed by atoms with Gasteiger partial charge in [-0.1, -0.05) is 51.7 Å². The molecule has 0 aromatic heterocycles. The second-order valence-corrected chi connectivity index (χ2v) is 4.89. The number of aryl methyl sites for hydroxylation is 1. The van der Waals surface area contributed by atoms with E-state index in [1.807, 2.05) is 12.1 Å². The van der Waals surface area contributed by atoms with Gasteiger partial charge in [-0.05, 0) is 30.5 Å². The Morgan fingerprint density at radius 2 is 1.74 bits per heavy atom. The number of anilines is 1. The average molecular weight is 262 g/mol. The molecule has 0 atom stereocenters. The molecule has 0 spiro atoms. The molecule has 19 heavy (non-hydrogen) atoms. The maximum absolute atomic E-state index is 11.6. The molecule has 0 heterocycles. The highest BCUT2D eigenvalue weighted by atomic mass is 16.2. The standard InChI is InChI=1S/C16H26N2O/c1-3-5-6-7-13-17-16(19)18-15-11-9-14(8-4-2)10-12-15/h9-12H,3-8,13H2,1-2H3,(H2,17,18,19). The van der Waals surface area contributed by atoms with Gasteiger partial charge in [0.05, 0.1) is 0 Å². The second-order valence-electron chi connectivity index (χ2n) is 4.89. The van der Waals surface area contributed by atoms with Crippen molar-refractivity contribution in [2.75, 3.05) is 11.9 Å². The topological polar surface area (TPSA) is 41.1 Å². The van der Waals surface area contributed by atoms with E-state index >= 15 is 0 Å². The van der Waals surface area contributed by atoms with Crippen LogP contribution in [-0.4, -0.2) is 12.6 Å². The van der Waals surface area contributed by atoms with Crippen LogP contribution < -0.4 is 10.6 Å². The van der Waals surface area contributed by atoms with Crippen LogP contribution in [0.2, 0.25) is 0 Å². The van der Waals surface area contributed by atoms with E-state index in [0.29, 0.717) is 0 Å². The van der Waals surface area contributed by atoms with E-state index in [9.17, 15) is 4.79 Å². The molecule has 0 unspecified atom stereocenters. The van der Waals surface area contributed by atoms with Crippen LogP contribution in [-0.2, 0) is 6.42 Å². The molecule has 2 N–H and O–H groups in total. The number of rotatable bonds is 8. The summed E-state index contributed by atoms with van der Waals surface area (Å²) in [6.45, 7) is 5.10. The molecule has 0 saturated carbocycles. The predicted octanol–water partition coefficient (Wildman–Crippen LogP) is 4.34. The molecule has 0 aliphatic carbocycles. The Hall–Kier alpha value is -1.51. The molecule has 1 aromatic rings. The minimum absolute atomic E-state index is 0.111. The van der Waals surface area contributed by atoms with E-state index in [0.717, 1.165) is 31.5 Å². The van der Waals surface area contributed by atoms with Crippen LogP contribution in [0.3, 0.4) is 0 Å². The number of carbonyl (C=O) groups excluding carboxylic acids is 1. The number of unbranched alkanes of at least 4 members (excludes halogenated alkanes) is 3. The lowest BCUT2D eigenvalue weighted by atomic mass is 10.1. The fraction of sp³-hybridized carbons (Fsp3) is 0.562. The first-order valence-corrected chi connectivity index (χ1v) is 7.40. The number of benzene rings is 1. The van der Waals surface area contributed by atoms with Gasteiger partial charge in [-0.3, -0.25) is 0 Å². The first-order chi connectivity index (χ1) is 9.26. The molecule has 2 amide bonds. The SMILES string of the molecule is CCCCCCNC(=O)Nc1ccc(CCC)cc1. The summed E-state index contributed by atoms with van der Waals surface area (Å²) in [6, 6.07) is 7.95. The Balaban J connectivity index is 2.24. The van der Waals surface area contributed by atoms with Crippen molar-refractivity contribution in [3.8, 4) is 0 Å². The molecule has 3 heteroatoms. The van der Waals surface area contributed by atoms with Gasteiger partial charge in [0.2, 0.25) is 0 Å². The van der Waals surface area contributed by atoms with E-state index in [-0.39, 0.29) is 6.03 Å². The summed E-state index contributed by atoms with van der Waals surface area (Å²) >= 11 is 0. The highest BCUT2D eigenvalue weighted by molar-refractivity contribution is 5.89. The number of hydrogen-bond donors (Lipinski definition) is 2. The fourth-order valence-electron chi connectivity index (χ4n) is 1.97. The van der Waals surface area contributed by atoms with Crippen LogP contribution in [0.4, 0.5) is 10.5 Å². The third-order valence-corrected chi connectivity index (χ3v) is 3.07. The molecular weight excluding hydrogens is 236 g/mol. The van der Waals surface area contributed by atoms with Gasteiger partial charge >= 0.3 is 6.03 Å². The molecule has 0 aliphatic heterocycles. The van der Waals surface area contributed by atoms with Gasteiger partial charge in [-0.2, -0.15) is 0 Å². The van der Waals surface area contributed by atoms with Crippen LogP contribution in [0.25, 0.3) is 0 Å². The van der Waals surface area contributed by atoms with Gasteiger partial charge in [-0.25, -0.2) is 4.79 Å². The molecule has 106 valence electrons. The Labute approximate surface area is 116 Å². The van der Waals surface area contributed by atoms with Crippen molar-refractivity contribution in [1.82, 2.24) is 5.32 Å². The zero-order valence-electron chi connectivity index (χ0n) is 12.2. The van der Waals surface area contributed by atoms with E-state index in [2.05, 4.69) is 36.6 Å². The normalized spacial score (nSPS) is 10.2. The lowest BCUT2D eigenvalue weighted by Crippen LogP contribution is -2.29. The molecule has 1 rings (SSSR count). The summed E-state index contributed by atoms with van der Waals surface area (Å²) in [5.74, 6) is 0. The van der Waals surface area contributed by atoms with Crippen molar-refractivity contribution >= 4 is 11.7 Å². The first-order valence-electron chi connectivity index (χ1n) is 7.40. The van der Waals surface area contributed by atoms with Crippen molar-refractivity contribution in [3.05, 3.63) is 29.8 Å². The minimum Gasteiger partial charge on any atom is -0.338 e. The van der Waals surface area contributed by atoms with Gasteiger partial charge < -0.3 is 10.6 Å². The van der Waals surface area contributed by atoms with E-state index in [4.69, 9.17) is 0 Å². The Bertz CT molecular complexity index is 360. The molecule has 0 radical (unpaired) electrons. The summed E-state index contributed by atoms with van der Waals surface area (Å²) in [5, 5.41) is 5.73. The summed E-state index contributed by atoms with van der Waals surface area (Å²) in [5.41, 5.74) is 2.17. The zero-order chi connectivity index (χ0) is 13.9.